The van der Waals surface area contributed by atoms with E-state index in [0.717, 1.165) is 32.9 Å². The molecule has 1 aromatic heterocycles. The number of nitrogens with one attached hydrogen (secondary N) is 1. The fourth-order valence-electron chi connectivity index (χ4n) is 3.08. The van der Waals surface area contributed by atoms with E-state index in [4.69, 9.17) is 0 Å². The van der Waals surface area contributed by atoms with E-state index in [1.54, 1.807) is 18.0 Å². The first kappa shape index (κ1) is 21.4. The lowest BCUT2D eigenvalue weighted by atomic mass is 10.2. The highest BCUT2D eigenvalue weighted by atomic mass is 79.9. The molecule has 0 aliphatic carbocycles. The van der Waals surface area contributed by atoms with Crippen LogP contribution in [0, 0.1) is 20.8 Å². The van der Waals surface area contributed by atoms with E-state index < -0.39 is 0 Å². The van der Waals surface area contributed by atoms with Crippen molar-refractivity contribution in [3.05, 3.63) is 87.1 Å². The van der Waals surface area contributed by atoms with Gasteiger partial charge in [0.1, 0.15) is 0 Å². The molecule has 3 rings (SSSR count). The summed E-state index contributed by atoms with van der Waals surface area (Å²) >= 11 is 5.09. The number of hydrazone groups is 1. The van der Waals surface area contributed by atoms with Crippen LogP contribution in [-0.2, 0) is 10.5 Å². The molecule has 2 aromatic carbocycles. The predicted octanol–water partition coefficient (Wildman–Crippen LogP) is 5.55. The molecule has 3 aromatic rings. The Morgan fingerprint density at radius 1 is 1.14 bits per heavy atom. The second-order valence-electron chi connectivity index (χ2n) is 6.87. The van der Waals surface area contributed by atoms with Crippen LogP contribution in [0.1, 0.15) is 28.1 Å². The Balaban J connectivity index is 1.56. The van der Waals surface area contributed by atoms with Crippen molar-refractivity contribution in [3.8, 4) is 5.69 Å². The fraction of sp³-hybridized carbons (Fsp3) is 0.217. The van der Waals surface area contributed by atoms with Crippen molar-refractivity contribution in [2.45, 2.75) is 26.5 Å². The highest BCUT2D eigenvalue weighted by Crippen LogP contribution is 2.21. The van der Waals surface area contributed by atoms with E-state index in [1.807, 2.05) is 18.2 Å². The van der Waals surface area contributed by atoms with Gasteiger partial charge in [0.05, 0.1) is 12.0 Å². The van der Waals surface area contributed by atoms with E-state index in [-0.39, 0.29) is 5.91 Å². The molecule has 0 bridgehead atoms. The Kier molecular flexibility index (Phi) is 7.34. The molecule has 0 unspecified atom stereocenters. The maximum absolute atomic E-state index is 12.1. The molecule has 29 heavy (non-hydrogen) atoms. The van der Waals surface area contributed by atoms with Crippen molar-refractivity contribution in [2.24, 2.45) is 5.10 Å². The second-order valence-corrected chi connectivity index (χ2v) is 8.71. The number of hydrogen-bond acceptors (Lipinski definition) is 3. The third-order valence-corrected chi connectivity index (χ3v) is 6.36. The standard InChI is InChI=1S/C23H24BrN3OS/c1-16-8-10-21(11-9-16)27-17(2)12-20(18(27)3)13-25-26-23(28)15-29-14-19-6-4-5-7-22(19)24/h4-13H,14-15H2,1-3H3,(H,26,28)/b25-13-. The molecule has 0 aliphatic rings. The lowest BCUT2D eigenvalue weighted by molar-refractivity contribution is -0.118. The zero-order chi connectivity index (χ0) is 20.8. The fourth-order valence-corrected chi connectivity index (χ4v) is 4.52. The zero-order valence-electron chi connectivity index (χ0n) is 16.8. The normalized spacial score (nSPS) is 11.2. The summed E-state index contributed by atoms with van der Waals surface area (Å²) in [4.78, 5) is 12.1. The van der Waals surface area contributed by atoms with Gasteiger partial charge in [0, 0.05) is 32.9 Å². The number of thioether (sulfide) groups is 1. The number of hydrogen-bond donors (Lipinski definition) is 1. The number of carbonyl (C=O) groups excluding carboxylic acids is 1. The molecule has 4 nitrogen and oxygen atoms in total. The van der Waals surface area contributed by atoms with E-state index in [2.05, 4.69) is 88.2 Å². The number of halogens is 1. The lowest BCUT2D eigenvalue weighted by Crippen LogP contribution is -2.19. The summed E-state index contributed by atoms with van der Waals surface area (Å²) in [5.74, 6) is 1.03. The Hall–Kier alpha value is -2.31. The minimum absolute atomic E-state index is 0.106. The van der Waals surface area contributed by atoms with Crippen LogP contribution in [0.25, 0.3) is 5.69 Å². The first-order chi connectivity index (χ1) is 14.0. The van der Waals surface area contributed by atoms with Gasteiger partial charge in [-0.15, -0.1) is 11.8 Å². The highest BCUT2D eigenvalue weighted by molar-refractivity contribution is 9.10. The van der Waals surface area contributed by atoms with Crippen LogP contribution in [-0.4, -0.2) is 22.4 Å². The summed E-state index contributed by atoms with van der Waals surface area (Å²) in [6, 6.07) is 18.5. The average Bonchev–Trinajstić information content (AvgIpc) is 2.98. The summed E-state index contributed by atoms with van der Waals surface area (Å²) in [7, 11) is 0. The van der Waals surface area contributed by atoms with Crippen molar-refractivity contribution >= 4 is 39.8 Å². The number of carbonyl (C=O) groups is 1. The van der Waals surface area contributed by atoms with Crippen molar-refractivity contribution in [2.75, 3.05) is 5.75 Å². The van der Waals surface area contributed by atoms with Crippen LogP contribution >= 0.6 is 27.7 Å². The number of amides is 1. The number of nitrogens with zero attached hydrogens (tertiary/aromatic N) is 2. The number of aromatic nitrogens is 1. The second kappa shape index (κ2) is 9.94. The molecular formula is C23H24BrN3OS. The Morgan fingerprint density at radius 3 is 2.59 bits per heavy atom. The van der Waals surface area contributed by atoms with Crippen LogP contribution in [0.3, 0.4) is 0 Å². The average molecular weight is 470 g/mol. The molecular weight excluding hydrogens is 446 g/mol. The number of benzene rings is 2. The topological polar surface area (TPSA) is 46.4 Å². The molecule has 150 valence electrons. The maximum Gasteiger partial charge on any atom is 0.250 e. The SMILES string of the molecule is Cc1ccc(-n2c(C)cc(/C=N\NC(=O)CSCc3ccccc3Br)c2C)cc1. The van der Waals surface area contributed by atoms with E-state index in [1.165, 1.54) is 11.1 Å². The van der Waals surface area contributed by atoms with Crippen LogP contribution in [0.4, 0.5) is 0 Å². The smallest absolute Gasteiger partial charge is 0.250 e. The monoisotopic (exact) mass is 469 g/mol. The maximum atomic E-state index is 12.1. The number of aryl methyl sites for hydroxylation is 2. The van der Waals surface area contributed by atoms with Crippen LogP contribution in [0.5, 0.6) is 0 Å². The molecule has 0 aliphatic heterocycles. The molecule has 6 heteroatoms. The van der Waals surface area contributed by atoms with E-state index in [0.29, 0.717) is 5.75 Å². The van der Waals surface area contributed by atoms with Gasteiger partial charge in [-0.25, -0.2) is 5.43 Å². The molecule has 0 radical (unpaired) electrons. The largest absolute Gasteiger partial charge is 0.318 e. The first-order valence-electron chi connectivity index (χ1n) is 9.34. The highest BCUT2D eigenvalue weighted by Gasteiger charge is 2.09. The lowest BCUT2D eigenvalue weighted by Gasteiger charge is -2.09. The van der Waals surface area contributed by atoms with Gasteiger partial charge in [-0.2, -0.15) is 5.10 Å². The van der Waals surface area contributed by atoms with Gasteiger partial charge in [-0.3, -0.25) is 4.79 Å². The first-order valence-corrected chi connectivity index (χ1v) is 11.3. The summed E-state index contributed by atoms with van der Waals surface area (Å²) in [5.41, 5.74) is 9.37. The van der Waals surface area contributed by atoms with Gasteiger partial charge in [0.15, 0.2) is 0 Å². The Labute approximate surface area is 184 Å². The van der Waals surface area contributed by atoms with Crippen molar-refractivity contribution in [1.82, 2.24) is 9.99 Å². The molecule has 0 fully saturated rings. The summed E-state index contributed by atoms with van der Waals surface area (Å²) in [6.45, 7) is 6.21. The van der Waals surface area contributed by atoms with Gasteiger partial charge in [0.2, 0.25) is 5.91 Å². The van der Waals surface area contributed by atoms with E-state index >= 15 is 0 Å². The van der Waals surface area contributed by atoms with Gasteiger partial charge in [-0.1, -0.05) is 51.8 Å². The van der Waals surface area contributed by atoms with Gasteiger partial charge < -0.3 is 4.57 Å². The summed E-state index contributed by atoms with van der Waals surface area (Å²) < 4.78 is 3.26. The molecule has 0 spiro atoms. The van der Waals surface area contributed by atoms with Crippen LogP contribution < -0.4 is 5.43 Å². The van der Waals surface area contributed by atoms with Crippen molar-refractivity contribution < 1.29 is 4.79 Å². The molecule has 0 saturated heterocycles. The van der Waals surface area contributed by atoms with Crippen LogP contribution in [0.2, 0.25) is 0 Å². The van der Waals surface area contributed by atoms with E-state index in [9.17, 15) is 4.79 Å². The third-order valence-electron chi connectivity index (χ3n) is 4.60. The van der Waals surface area contributed by atoms with Crippen LogP contribution in [0.15, 0.2) is 64.2 Å². The number of rotatable bonds is 7. The molecule has 0 saturated carbocycles. The molecule has 0 atom stereocenters. The molecule has 1 N–H and O–H groups in total. The Morgan fingerprint density at radius 2 is 1.86 bits per heavy atom. The molecule has 1 heterocycles. The minimum atomic E-state index is -0.106. The summed E-state index contributed by atoms with van der Waals surface area (Å²) in [5, 5.41) is 4.15. The van der Waals surface area contributed by atoms with Crippen molar-refractivity contribution in [3.63, 3.8) is 0 Å². The third kappa shape index (κ3) is 5.61. The Bertz CT molecular complexity index is 1030. The summed E-state index contributed by atoms with van der Waals surface area (Å²) in [6.07, 6.45) is 1.71. The van der Waals surface area contributed by atoms with Gasteiger partial charge in [-0.05, 0) is 50.6 Å². The minimum Gasteiger partial charge on any atom is -0.318 e. The quantitative estimate of drug-likeness (QED) is 0.364. The van der Waals surface area contributed by atoms with Gasteiger partial charge >= 0.3 is 0 Å². The van der Waals surface area contributed by atoms with Gasteiger partial charge in [0.25, 0.3) is 0 Å². The van der Waals surface area contributed by atoms with Crippen molar-refractivity contribution in [1.29, 1.82) is 0 Å². The molecule has 1 amide bonds. The predicted molar refractivity (Wildman–Crippen MR) is 126 cm³/mol. The zero-order valence-corrected chi connectivity index (χ0v) is 19.2.